The van der Waals surface area contributed by atoms with Gasteiger partial charge in [-0.2, -0.15) is 0 Å². The van der Waals surface area contributed by atoms with Crippen molar-refractivity contribution < 1.29 is 24.2 Å². The van der Waals surface area contributed by atoms with Crippen molar-refractivity contribution in [3.63, 3.8) is 0 Å². The molecule has 180 valence electrons. The number of halogens is 1. The van der Waals surface area contributed by atoms with Crippen molar-refractivity contribution in [1.82, 2.24) is 4.90 Å². The molecule has 9 heteroatoms. The number of aliphatic carboxylic acids is 1. The molecule has 0 atom stereocenters. The van der Waals surface area contributed by atoms with E-state index in [1.807, 2.05) is 49.4 Å². The minimum atomic E-state index is -0.805. The predicted molar refractivity (Wildman–Crippen MR) is 139 cm³/mol. The zero-order valence-corrected chi connectivity index (χ0v) is 21.2. The molecule has 1 heterocycles. The van der Waals surface area contributed by atoms with Gasteiger partial charge in [-0.05, 0) is 49.6 Å². The summed E-state index contributed by atoms with van der Waals surface area (Å²) in [5.74, 6) is 0.232. The van der Waals surface area contributed by atoms with Crippen LogP contribution in [0, 0.1) is 0 Å². The summed E-state index contributed by atoms with van der Waals surface area (Å²) in [6.07, 6.45) is 3.96. The van der Waals surface area contributed by atoms with Crippen LogP contribution in [0.25, 0.3) is 6.08 Å². The van der Waals surface area contributed by atoms with Crippen LogP contribution in [0.3, 0.4) is 0 Å². The first kappa shape index (κ1) is 26.1. The van der Waals surface area contributed by atoms with Gasteiger partial charge < -0.3 is 14.6 Å². The Hall–Kier alpha value is -2.55. The highest BCUT2D eigenvalue weighted by molar-refractivity contribution is 8.26. The first-order valence-corrected chi connectivity index (χ1v) is 12.6. The third kappa shape index (κ3) is 7.22. The van der Waals surface area contributed by atoms with E-state index in [2.05, 4.69) is 0 Å². The van der Waals surface area contributed by atoms with E-state index < -0.39 is 5.97 Å². The molecule has 1 amide bonds. The van der Waals surface area contributed by atoms with Gasteiger partial charge in [0.05, 0.1) is 11.5 Å². The summed E-state index contributed by atoms with van der Waals surface area (Å²) in [5, 5.41) is 9.37. The summed E-state index contributed by atoms with van der Waals surface area (Å²) < 4.78 is 12.2. The van der Waals surface area contributed by atoms with Gasteiger partial charge in [0.2, 0.25) is 0 Å². The molecule has 0 aromatic heterocycles. The topological polar surface area (TPSA) is 76.1 Å². The molecule has 0 spiro atoms. The van der Waals surface area contributed by atoms with Crippen molar-refractivity contribution in [1.29, 1.82) is 0 Å². The third-order valence-electron chi connectivity index (χ3n) is 5.05. The van der Waals surface area contributed by atoms with Crippen LogP contribution in [-0.2, 0) is 16.2 Å². The second-order valence-electron chi connectivity index (χ2n) is 7.56. The number of carboxylic acids is 1. The van der Waals surface area contributed by atoms with E-state index >= 15 is 0 Å². The van der Waals surface area contributed by atoms with Gasteiger partial charge in [-0.15, -0.1) is 0 Å². The monoisotopic (exact) mass is 519 g/mol. The minimum Gasteiger partial charge on any atom is -0.490 e. The summed E-state index contributed by atoms with van der Waals surface area (Å²) >= 11 is 12.9. The Labute approximate surface area is 213 Å². The Morgan fingerprint density at radius 3 is 2.68 bits per heavy atom. The number of hydrogen-bond acceptors (Lipinski definition) is 6. The summed E-state index contributed by atoms with van der Waals surface area (Å²) in [6, 6.07) is 13.0. The Kier molecular flexibility index (Phi) is 9.80. The lowest BCUT2D eigenvalue weighted by Gasteiger charge is -2.14. The number of rotatable bonds is 12. The zero-order chi connectivity index (χ0) is 24.5. The molecule has 6 nitrogen and oxygen atoms in total. The fourth-order valence-corrected chi connectivity index (χ4v) is 4.84. The second-order valence-corrected chi connectivity index (χ2v) is 9.64. The molecule has 3 rings (SSSR count). The number of hydrogen-bond donors (Lipinski definition) is 1. The smallest absolute Gasteiger partial charge is 0.303 e. The molecule has 0 bridgehead atoms. The first-order chi connectivity index (χ1) is 16.4. The molecule has 0 radical (unpaired) electrons. The standard InChI is InChI=1S/C25H26ClNO5S2/c1-2-31-21-14-17(11-12-20(21)32-16-18-8-5-6-9-19(18)26)15-22-24(30)27(25(33)34-22)13-7-3-4-10-23(28)29/h5-6,8-9,11-12,14-15H,2-4,7,10,13,16H2,1H3,(H,28,29)/b22-15+. The highest BCUT2D eigenvalue weighted by Crippen LogP contribution is 2.35. The molecular weight excluding hydrogens is 494 g/mol. The molecule has 1 aliphatic rings. The number of nitrogens with zero attached hydrogens (tertiary/aromatic N) is 1. The number of ether oxygens (including phenoxy) is 2. The fraction of sp³-hybridized carbons (Fsp3) is 0.320. The van der Waals surface area contributed by atoms with E-state index in [4.69, 9.17) is 38.4 Å². The van der Waals surface area contributed by atoms with Crippen LogP contribution >= 0.6 is 35.6 Å². The lowest BCUT2D eigenvalue weighted by Crippen LogP contribution is -2.29. The maximum absolute atomic E-state index is 12.8. The molecule has 34 heavy (non-hydrogen) atoms. The van der Waals surface area contributed by atoms with Gasteiger partial charge in [0.1, 0.15) is 10.9 Å². The number of carboxylic acid groups (broad SMARTS) is 1. The van der Waals surface area contributed by atoms with Crippen LogP contribution in [0.15, 0.2) is 47.4 Å². The average Bonchev–Trinajstić information content (AvgIpc) is 3.06. The van der Waals surface area contributed by atoms with E-state index in [9.17, 15) is 9.59 Å². The number of carbonyl (C=O) groups excluding carboxylic acids is 1. The largest absolute Gasteiger partial charge is 0.490 e. The maximum Gasteiger partial charge on any atom is 0.303 e. The molecule has 1 saturated heterocycles. The van der Waals surface area contributed by atoms with Gasteiger partial charge in [0.25, 0.3) is 5.91 Å². The molecular formula is C25H26ClNO5S2. The fourth-order valence-electron chi connectivity index (χ4n) is 3.34. The number of unbranched alkanes of at least 4 members (excludes halogenated alkanes) is 2. The normalized spacial score (nSPS) is 14.6. The third-order valence-corrected chi connectivity index (χ3v) is 6.80. The zero-order valence-electron chi connectivity index (χ0n) is 18.8. The van der Waals surface area contributed by atoms with Crippen LogP contribution in [0.1, 0.15) is 43.7 Å². The molecule has 0 saturated carbocycles. The highest BCUT2D eigenvalue weighted by Gasteiger charge is 2.31. The molecule has 1 aliphatic heterocycles. The van der Waals surface area contributed by atoms with Crippen molar-refractivity contribution in [2.75, 3.05) is 13.2 Å². The van der Waals surface area contributed by atoms with Gasteiger partial charge >= 0.3 is 5.97 Å². The van der Waals surface area contributed by atoms with Gasteiger partial charge in [-0.3, -0.25) is 14.5 Å². The first-order valence-electron chi connectivity index (χ1n) is 11.0. The number of thiocarbonyl (C=S) groups is 1. The summed E-state index contributed by atoms with van der Waals surface area (Å²) in [5.41, 5.74) is 1.68. The minimum absolute atomic E-state index is 0.134. The summed E-state index contributed by atoms with van der Waals surface area (Å²) in [4.78, 5) is 25.6. The van der Waals surface area contributed by atoms with Gasteiger partial charge in [0.15, 0.2) is 11.5 Å². The SMILES string of the molecule is CCOc1cc(/C=C2/SC(=S)N(CCCCCC(=O)O)C2=O)ccc1OCc1ccccc1Cl. The lowest BCUT2D eigenvalue weighted by molar-refractivity contribution is -0.137. The van der Waals surface area contributed by atoms with Gasteiger partial charge in [0, 0.05) is 23.6 Å². The van der Waals surface area contributed by atoms with Crippen molar-refractivity contribution in [2.24, 2.45) is 0 Å². The molecule has 1 fully saturated rings. The van der Waals surface area contributed by atoms with Gasteiger partial charge in [-0.25, -0.2) is 0 Å². The van der Waals surface area contributed by atoms with E-state index in [-0.39, 0.29) is 12.3 Å². The molecule has 0 aliphatic carbocycles. The number of carbonyl (C=O) groups is 2. The van der Waals surface area contributed by atoms with Crippen molar-refractivity contribution in [2.45, 2.75) is 39.2 Å². The number of benzene rings is 2. The molecule has 2 aromatic carbocycles. The van der Waals surface area contributed by atoms with Crippen LogP contribution in [-0.4, -0.2) is 39.4 Å². The van der Waals surface area contributed by atoms with E-state index in [1.54, 1.807) is 11.0 Å². The van der Waals surface area contributed by atoms with Crippen LogP contribution < -0.4 is 9.47 Å². The van der Waals surface area contributed by atoms with Crippen LogP contribution in [0.2, 0.25) is 5.02 Å². The van der Waals surface area contributed by atoms with Crippen molar-refractivity contribution in [3.05, 3.63) is 63.5 Å². The second kappa shape index (κ2) is 12.8. The highest BCUT2D eigenvalue weighted by atomic mass is 35.5. The lowest BCUT2D eigenvalue weighted by atomic mass is 10.1. The molecule has 2 aromatic rings. The Morgan fingerprint density at radius 2 is 1.94 bits per heavy atom. The summed E-state index contributed by atoms with van der Waals surface area (Å²) in [6.45, 7) is 3.16. The summed E-state index contributed by atoms with van der Waals surface area (Å²) in [7, 11) is 0. The van der Waals surface area contributed by atoms with Crippen molar-refractivity contribution in [3.8, 4) is 11.5 Å². The predicted octanol–water partition coefficient (Wildman–Crippen LogP) is 6.16. The molecule has 1 N–H and O–H groups in total. The average molecular weight is 520 g/mol. The van der Waals surface area contributed by atoms with E-state index in [0.29, 0.717) is 58.3 Å². The van der Waals surface area contributed by atoms with Crippen LogP contribution in [0.4, 0.5) is 0 Å². The quantitative estimate of drug-likeness (QED) is 0.204. The Balaban J connectivity index is 1.66. The van der Waals surface area contributed by atoms with E-state index in [1.165, 1.54) is 11.8 Å². The Bertz CT molecular complexity index is 1090. The number of amides is 1. The van der Waals surface area contributed by atoms with Gasteiger partial charge in [-0.1, -0.05) is 66.3 Å². The Morgan fingerprint density at radius 1 is 1.15 bits per heavy atom. The number of thioether (sulfide) groups is 1. The maximum atomic E-state index is 12.8. The molecule has 0 unspecified atom stereocenters. The van der Waals surface area contributed by atoms with Crippen LogP contribution in [0.5, 0.6) is 11.5 Å². The van der Waals surface area contributed by atoms with E-state index in [0.717, 1.165) is 17.5 Å². The van der Waals surface area contributed by atoms with Crippen molar-refractivity contribution >= 4 is 57.9 Å².